The van der Waals surface area contributed by atoms with E-state index in [4.69, 9.17) is 10.5 Å². The van der Waals surface area contributed by atoms with Gasteiger partial charge in [-0.15, -0.1) is 0 Å². The van der Waals surface area contributed by atoms with Gasteiger partial charge in [-0.1, -0.05) is 6.07 Å². The van der Waals surface area contributed by atoms with Gasteiger partial charge in [0.25, 0.3) is 0 Å². The van der Waals surface area contributed by atoms with E-state index < -0.39 is 4.92 Å². The molecule has 0 radical (unpaired) electrons. The zero-order valence-corrected chi connectivity index (χ0v) is 10.6. The smallest absolute Gasteiger partial charge is 0.311 e. The highest BCUT2D eigenvalue weighted by Crippen LogP contribution is 2.33. The summed E-state index contributed by atoms with van der Waals surface area (Å²) in [5.74, 6) is 0.288. The van der Waals surface area contributed by atoms with E-state index in [0.29, 0.717) is 5.69 Å². The van der Waals surface area contributed by atoms with E-state index in [1.807, 2.05) is 6.92 Å². The number of nitro benzene ring substituents is 1. The van der Waals surface area contributed by atoms with Crippen molar-refractivity contribution < 1.29 is 9.66 Å². The van der Waals surface area contributed by atoms with Crippen LogP contribution in [0.1, 0.15) is 11.1 Å². The van der Waals surface area contributed by atoms with Crippen LogP contribution >= 0.6 is 0 Å². The molecule has 1 aromatic carbocycles. The molecular weight excluding hydrogens is 246 g/mol. The fourth-order valence-corrected chi connectivity index (χ4v) is 1.63. The highest BCUT2D eigenvalue weighted by atomic mass is 16.6. The van der Waals surface area contributed by atoms with E-state index in [1.54, 1.807) is 25.3 Å². The lowest BCUT2D eigenvalue weighted by atomic mass is 10.2. The maximum atomic E-state index is 11.0. The Hall–Kier alpha value is -2.63. The number of hydrogen-bond acceptors (Lipinski definition) is 5. The molecule has 19 heavy (non-hydrogen) atoms. The number of aromatic nitrogens is 1. The van der Waals surface area contributed by atoms with Crippen LogP contribution < -0.4 is 10.5 Å². The van der Waals surface area contributed by atoms with Crippen LogP contribution in [-0.2, 0) is 0 Å². The number of nitrogen functional groups attached to an aromatic ring is 1. The van der Waals surface area contributed by atoms with Crippen molar-refractivity contribution in [3.63, 3.8) is 0 Å². The SMILES string of the molecule is Cc1cnc(Oc2ccc(C)cc2[N+](=O)[O-])c(N)c1. The molecular formula is C13H13N3O3. The Labute approximate surface area is 110 Å². The van der Waals surface area contributed by atoms with Crippen LogP contribution in [0.5, 0.6) is 11.6 Å². The number of hydrogen-bond donors (Lipinski definition) is 1. The number of aryl methyl sites for hydroxylation is 2. The van der Waals surface area contributed by atoms with Crippen molar-refractivity contribution in [2.24, 2.45) is 0 Å². The zero-order valence-electron chi connectivity index (χ0n) is 10.6. The number of ether oxygens (including phenoxy) is 1. The second kappa shape index (κ2) is 4.93. The number of anilines is 1. The van der Waals surface area contributed by atoms with Gasteiger partial charge in [-0.2, -0.15) is 0 Å². The number of nitrogens with two attached hydrogens (primary N) is 1. The fourth-order valence-electron chi connectivity index (χ4n) is 1.63. The Morgan fingerprint density at radius 1 is 1.26 bits per heavy atom. The molecule has 0 saturated carbocycles. The van der Waals surface area contributed by atoms with E-state index in [-0.39, 0.29) is 17.3 Å². The molecule has 0 saturated heterocycles. The van der Waals surface area contributed by atoms with E-state index in [1.165, 1.54) is 12.1 Å². The van der Waals surface area contributed by atoms with Crippen LogP contribution in [0.2, 0.25) is 0 Å². The summed E-state index contributed by atoms with van der Waals surface area (Å²) in [6.07, 6.45) is 1.59. The van der Waals surface area contributed by atoms with Gasteiger partial charge in [0.1, 0.15) is 0 Å². The fraction of sp³-hybridized carbons (Fsp3) is 0.154. The van der Waals surface area contributed by atoms with Gasteiger partial charge in [-0.25, -0.2) is 4.98 Å². The molecule has 98 valence electrons. The Balaban J connectivity index is 2.40. The lowest BCUT2D eigenvalue weighted by molar-refractivity contribution is -0.385. The van der Waals surface area contributed by atoms with Gasteiger partial charge in [0.2, 0.25) is 11.6 Å². The first kappa shape index (κ1) is 12.8. The van der Waals surface area contributed by atoms with Crippen molar-refractivity contribution in [3.05, 3.63) is 51.7 Å². The number of pyridine rings is 1. The third-order valence-electron chi connectivity index (χ3n) is 2.53. The van der Waals surface area contributed by atoms with Gasteiger partial charge in [0, 0.05) is 12.3 Å². The summed E-state index contributed by atoms with van der Waals surface area (Å²) < 4.78 is 5.43. The molecule has 1 heterocycles. The molecule has 0 spiro atoms. The second-order valence-corrected chi connectivity index (χ2v) is 4.24. The number of nitrogens with zero attached hydrogens (tertiary/aromatic N) is 2. The lowest BCUT2D eigenvalue weighted by Crippen LogP contribution is -1.98. The van der Waals surface area contributed by atoms with E-state index in [2.05, 4.69) is 4.98 Å². The maximum absolute atomic E-state index is 11.0. The predicted molar refractivity (Wildman–Crippen MR) is 71.3 cm³/mol. The van der Waals surface area contributed by atoms with E-state index >= 15 is 0 Å². The highest BCUT2D eigenvalue weighted by molar-refractivity contribution is 5.55. The largest absolute Gasteiger partial charge is 0.430 e. The van der Waals surface area contributed by atoms with Crippen molar-refractivity contribution >= 4 is 11.4 Å². The molecule has 0 aliphatic rings. The monoisotopic (exact) mass is 259 g/mol. The average Bonchev–Trinajstić information content (AvgIpc) is 2.34. The standard InChI is InChI=1S/C13H13N3O3/c1-8-3-4-12(11(6-8)16(17)18)19-13-10(14)5-9(2)7-15-13/h3-7H,14H2,1-2H3. The number of nitro groups is 1. The van der Waals surface area contributed by atoms with Crippen molar-refractivity contribution in [2.45, 2.75) is 13.8 Å². The molecule has 2 N–H and O–H groups in total. The van der Waals surface area contributed by atoms with Crippen LogP contribution in [0.3, 0.4) is 0 Å². The highest BCUT2D eigenvalue weighted by Gasteiger charge is 2.17. The van der Waals surface area contributed by atoms with Crippen LogP contribution in [-0.4, -0.2) is 9.91 Å². The molecule has 2 rings (SSSR count). The summed E-state index contributed by atoms with van der Waals surface area (Å²) in [6.45, 7) is 3.62. The average molecular weight is 259 g/mol. The normalized spacial score (nSPS) is 10.2. The molecule has 2 aromatic rings. The third-order valence-corrected chi connectivity index (χ3v) is 2.53. The summed E-state index contributed by atoms with van der Waals surface area (Å²) in [5.41, 5.74) is 7.67. The first-order chi connectivity index (χ1) is 8.97. The molecule has 0 aliphatic carbocycles. The van der Waals surface area contributed by atoms with Crippen molar-refractivity contribution in [3.8, 4) is 11.6 Å². The minimum Gasteiger partial charge on any atom is -0.430 e. The van der Waals surface area contributed by atoms with Gasteiger partial charge in [0.05, 0.1) is 10.6 Å². The van der Waals surface area contributed by atoms with Gasteiger partial charge in [0.15, 0.2) is 0 Å². The molecule has 0 atom stereocenters. The minimum absolute atomic E-state index is 0.109. The summed E-state index contributed by atoms with van der Waals surface area (Å²) in [4.78, 5) is 14.5. The van der Waals surface area contributed by atoms with Gasteiger partial charge >= 0.3 is 5.69 Å². The molecule has 0 amide bonds. The zero-order chi connectivity index (χ0) is 14.0. The molecule has 0 bridgehead atoms. The lowest BCUT2D eigenvalue weighted by Gasteiger charge is -2.08. The van der Waals surface area contributed by atoms with E-state index in [0.717, 1.165) is 11.1 Å². The molecule has 6 heteroatoms. The molecule has 0 fully saturated rings. The molecule has 1 aromatic heterocycles. The van der Waals surface area contributed by atoms with Crippen LogP contribution in [0.15, 0.2) is 30.5 Å². The van der Waals surface area contributed by atoms with Crippen molar-refractivity contribution in [1.82, 2.24) is 4.98 Å². The van der Waals surface area contributed by atoms with Gasteiger partial charge in [-0.05, 0) is 37.1 Å². The Morgan fingerprint density at radius 2 is 2.00 bits per heavy atom. The van der Waals surface area contributed by atoms with Crippen molar-refractivity contribution in [1.29, 1.82) is 0 Å². The Morgan fingerprint density at radius 3 is 2.63 bits per heavy atom. The molecule has 0 unspecified atom stereocenters. The summed E-state index contributed by atoms with van der Waals surface area (Å²) in [5, 5.41) is 11.0. The minimum atomic E-state index is -0.493. The van der Waals surface area contributed by atoms with Crippen LogP contribution in [0.4, 0.5) is 11.4 Å². The first-order valence-corrected chi connectivity index (χ1v) is 5.62. The van der Waals surface area contributed by atoms with Crippen LogP contribution in [0, 0.1) is 24.0 Å². The topological polar surface area (TPSA) is 91.3 Å². The maximum Gasteiger partial charge on any atom is 0.311 e. The van der Waals surface area contributed by atoms with Crippen LogP contribution in [0.25, 0.3) is 0 Å². The predicted octanol–water partition coefficient (Wildman–Crippen LogP) is 2.98. The summed E-state index contributed by atoms with van der Waals surface area (Å²) >= 11 is 0. The number of benzene rings is 1. The van der Waals surface area contributed by atoms with Gasteiger partial charge in [-0.3, -0.25) is 10.1 Å². The number of rotatable bonds is 3. The van der Waals surface area contributed by atoms with E-state index in [9.17, 15) is 10.1 Å². The third kappa shape index (κ3) is 2.79. The van der Waals surface area contributed by atoms with Crippen molar-refractivity contribution in [2.75, 3.05) is 5.73 Å². The Bertz CT molecular complexity index is 641. The Kier molecular flexibility index (Phi) is 3.33. The van der Waals surface area contributed by atoms with Gasteiger partial charge < -0.3 is 10.5 Å². The quantitative estimate of drug-likeness (QED) is 0.675. The molecule has 0 aliphatic heterocycles. The summed E-state index contributed by atoms with van der Waals surface area (Å²) in [7, 11) is 0. The summed E-state index contributed by atoms with van der Waals surface area (Å²) in [6, 6.07) is 6.41. The first-order valence-electron chi connectivity index (χ1n) is 5.62. The second-order valence-electron chi connectivity index (χ2n) is 4.24. The molecule has 6 nitrogen and oxygen atoms in total.